The molecular formula is C30H54O2. The molecule has 0 saturated heterocycles. The predicted octanol–water partition coefficient (Wildman–Crippen LogP) is 8.53. The Hall–Kier alpha value is -0.530. The summed E-state index contributed by atoms with van der Waals surface area (Å²) in [6, 6.07) is 0. The van der Waals surface area contributed by atoms with Crippen LogP contribution in [0, 0.1) is 58.2 Å². The van der Waals surface area contributed by atoms with Crippen molar-refractivity contribution in [3.63, 3.8) is 0 Å². The Balaban J connectivity index is 1.82. The van der Waals surface area contributed by atoms with E-state index in [1.165, 1.54) is 32.1 Å². The minimum Gasteiger partial charge on any atom is -0.458 e. The SMILES string of the molecule is CCCC1CC(C)C(CC)(OC(=O)C2CC3CC2C(C(C)(C)C)C3C(C)(C)C)C(CC)C1. The summed E-state index contributed by atoms with van der Waals surface area (Å²) in [5, 5.41) is 0. The van der Waals surface area contributed by atoms with Crippen LogP contribution >= 0.6 is 0 Å². The molecule has 3 rings (SSSR count). The molecule has 3 aliphatic rings. The molecule has 0 aromatic rings. The fourth-order valence-corrected chi connectivity index (χ4v) is 9.17. The molecule has 2 heteroatoms. The maximum absolute atomic E-state index is 13.9. The first kappa shape index (κ1) is 26.1. The van der Waals surface area contributed by atoms with Crippen molar-refractivity contribution >= 4 is 5.97 Å². The molecule has 2 nitrogen and oxygen atoms in total. The molecule has 3 saturated carbocycles. The molecule has 0 amide bonds. The Labute approximate surface area is 200 Å². The number of carbonyl (C=O) groups excluding carboxylic acids is 1. The van der Waals surface area contributed by atoms with Crippen molar-refractivity contribution in [2.24, 2.45) is 58.2 Å². The number of carbonyl (C=O) groups is 1. The average Bonchev–Trinajstić information content (AvgIpc) is 3.28. The van der Waals surface area contributed by atoms with Gasteiger partial charge >= 0.3 is 5.97 Å². The van der Waals surface area contributed by atoms with Gasteiger partial charge in [0, 0.05) is 0 Å². The van der Waals surface area contributed by atoms with Gasteiger partial charge in [-0.1, -0.05) is 82.1 Å². The smallest absolute Gasteiger partial charge is 0.309 e. The lowest BCUT2D eigenvalue weighted by Gasteiger charge is -2.51. The van der Waals surface area contributed by atoms with Crippen LogP contribution < -0.4 is 0 Å². The van der Waals surface area contributed by atoms with E-state index in [-0.39, 0.29) is 22.9 Å². The third kappa shape index (κ3) is 4.55. The predicted molar refractivity (Wildman–Crippen MR) is 135 cm³/mol. The molecule has 0 N–H and O–H groups in total. The zero-order valence-corrected chi connectivity index (χ0v) is 23.1. The third-order valence-electron chi connectivity index (χ3n) is 10.2. The van der Waals surface area contributed by atoms with E-state index in [9.17, 15) is 4.79 Å². The highest BCUT2D eigenvalue weighted by Gasteiger charge is 2.61. The van der Waals surface area contributed by atoms with Crippen LogP contribution in [0.2, 0.25) is 0 Å². The largest absolute Gasteiger partial charge is 0.458 e. The summed E-state index contributed by atoms with van der Waals surface area (Å²) < 4.78 is 6.75. The van der Waals surface area contributed by atoms with Gasteiger partial charge in [-0.25, -0.2) is 0 Å². The Morgan fingerprint density at radius 2 is 1.53 bits per heavy atom. The Kier molecular flexibility index (Phi) is 7.54. The fourth-order valence-electron chi connectivity index (χ4n) is 9.17. The molecule has 186 valence electrons. The lowest BCUT2D eigenvalue weighted by Crippen LogP contribution is -2.53. The van der Waals surface area contributed by atoms with Crippen molar-refractivity contribution < 1.29 is 9.53 Å². The van der Waals surface area contributed by atoms with Gasteiger partial charge in [0.05, 0.1) is 5.92 Å². The van der Waals surface area contributed by atoms with Crippen molar-refractivity contribution in [3.05, 3.63) is 0 Å². The van der Waals surface area contributed by atoms with Crippen LogP contribution in [0.4, 0.5) is 0 Å². The van der Waals surface area contributed by atoms with E-state index >= 15 is 0 Å². The molecule has 0 aromatic carbocycles. The van der Waals surface area contributed by atoms with Gasteiger partial charge in [0.2, 0.25) is 0 Å². The molecule has 0 radical (unpaired) electrons. The molecule has 3 fully saturated rings. The standard InChI is InChI=1S/C30H54O2/c1-11-14-20-15-19(4)30(13-3,22(12-2)16-20)32-27(31)24-18-21-17-23(24)26(29(8,9)10)25(21)28(5,6)7/h19-26H,11-18H2,1-10H3. The molecule has 32 heavy (non-hydrogen) atoms. The van der Waals surface area contributed by atoms with Gasteiger partial charge in [-0.15, -0.1) is 0 Å². The van der Waals surface area contributed by atoms with Crippen LogP contribution in [0.25, 0.3) is 0 Å². The van der Waals surface area contributed by atoms with E-state index in [2.05, 4.69) is 69.2 Å². The number of rotatable bonds is 6. The zero-order valence-electron chi connectivity index (χ0n) is 23.1. The van der Waals surface area contributed by atoms with Gasteiger partial charge in [0.25, 0.3) is 0 Å². The summed E-state index contributed by atoms with van der Waals surface area (Å²) in [6.07, 6.45) is 9.42. The van der Waals surface area contributed by atoms with Crippen LogP contribution in [0.3, 0.4) is 0 Å². The highest BCUT2D eigenvalue weighted by Crippen LogP contribution is 2.65. The topological polar surface area (TPSA) is 26.3 Å². The van der Waals surface area contributed by atoms with Crippen LogP contribution in [0.1, 0.15) is 121 Å². The summed E-state index contributed by atoms with van der Waals surface area (Å²) in [4.78, 5) is 13.9. The molecule has 0 aromatic heterocycles. The summed E-state index contributed by atoms with van der Waals surface area (Å²) >= 11 is 0. The Morgan fingerprint density at radius 1 is 0.906 bits per heavy atom. The minimum absolute atomic E-state index is 0.115. The van der Waals surface area contributed by atoms with Crippen molar-refractivity contribution in [2.75, 3.05) is 0 Å². The Morgan fingerprint density at radius 3 is 2.03 bits per heavy atom. The molecule has 2 bridgehead atoms. The summed E-state index contributed by atoms with van der Waals surface area (Å²) in [5.74, 6) is 4.54. The lowest BCUT2D eigenvalue weighted by molar-refractivity contribution is -0.193. The van der Waals surface area contributed by atoms with E-state index in [4.69, 9.17) is 4.74 Å². The van der Waals surface area contributed by atoms with Gasteiger partial charge in [-0.05, 0) is 90.8 Å². The van der Waals surface area contributed by atoms with Crippen molar-refractivity contribution in [2.45, 2.75) is 126 Å². The third-order valence-corrected chi connectivity index (χ3v) is 10.2. The van der Waals surface area contributed by atoms with Crippen LogP contribution in [0.15, 0.2) is 0 Å². The number of hydrogen-bond donors (Lipinski definition) is 0. The quantitative estimate of drug-likeness (QED) is 0.382. The van der Waals surface area contributed by atoms with E-state index < -0.39 is 0 Å². The second kappa shape index (κ2) is 9.26. The molecule has 0 spiro atoms. The maximum Gasteiger partial charge on any atom is 0.309 e. The average molecular weight is 447 g/mol. The van der Waals surface area contributed by atoms with Gasteiger partial charge in [-0.3, -0.25) is 4.79 Å². The fraction of sp³-hybridized carbons (Fsp3) is 0.967. The highest BCUT2D eigenvalue weighted by molar-refractivity contribution is 5.74. The van der Waals surface area contributed by atoms with Gasteiger partial charge in [-0.2, -0.15) is 0 Å². The maximum atomic E-state index is 13.9. The van der Waals surface area contributed by atoms with Gasteiger partial charge in [0.1, 0.15) is 5.60 Å². The summed E-state index contributed by atoms with van der Waals surface area (Å²) in [7, 11) is 0. The normalized spacial score (nSPS) is 42.3. The molecule has 9 atom stereocenters. The first-order chi connectivity index (χ1) is 14.8. The number of hydrogen-bond acceptors (Lipinski definition) is 2. The monoisotopic (exact) mass is 446 g/mol. The van der Waals surface area contributed by atoms with Crippen molar-refractivity contribution in [1.29, 1.82) is 0 Å². The Bertz CT molecular complexity index is 653. The highest BCUT2D eigenvalue weighted by atomic mass is 16.6. The van der Waals surface area contributed by atoms with E-state index in [1.54, 1.807) is 0 Å². The van der Waals surface area contributed by atoms with Crippen LogP contribution in [0.5, 0.6) is 0 Å². The first-order valence-electron chi connectivity index (χ1n) is 14.0. The minimum atomic E-state index is -0.251. The van der Waals surface area contributed by atoms with Gasteiger partial charge in [0.15, 0.2) is 0 Å². The number of fused-ring (bicyclic) bond motifs is 2. The van der Waals surface area contributed by atoms with Crippen molar-refractivity contribution in [1.82, 2.24) is 0 Å². The van der Waals surface area contributed by atoms with Crippen LogP contribution in [-0.2, 0) is 9.53 Å². The second-order valence-electron chi connectivity index (χ2n) is 14.1. The summed E-state index contributed by atoms with van der Waals surface area (Å²) in [6.45, 7) is 23.7. The second-order valence-corrected chi connectivity index (χ2v) is 14.1. The van der Waals surface area contributed by atoms with Crippen molar-refractivity contribution in [3.8, 4) is 0 Å². The number of ether oxygens (including phenoxy) is 1. The molecule has 0 aliphatic heterocycles. The van der Waals surface area contributed by atoms with Crippen LogP contribution in [-0.4, -0.2) is 11.6 Å². The first-order valence-corrected chi connectivity index (χ1v) is 14.0. The molecular weight excluding hydrogens is 392 g/mol. The summed E-state index contributed by atoms with van der Waals surface area (Å²) in [5.41, 5.74) is 0.283. The molecule has 3 aliphatic carbocycles. The molecule has 9 unspecified atom stereocenters. The van der Waals surface area contributed by atoms with Gasteiger partial charge < -0.3 is 4.74 Å². The number of esters is 1. The zero-order chi connectivity index (χ0) is 24.1. The van der Waals surface area contributed by atoms with E-state index in [1.807, 2.05) is 0 Å². The van der Waals surface area contributed by atoms with E-state index in [0.29, 0.717) is 40.9 Å². The van der Waals surface area contributed by atoms with E-state index in [0.717, 1.165) is 25.2 Å². The lowest BCUT2D eigenvalue weighted by atomic mass is 9.57. The molecule has 0 heterocycles.